The average Bonchev–Trinajstić information content (AvgIpc) is 2.30. The van der Waals surface area contributed by atoms with E-state index in [1.165, 1.54) is 24.3 Å². The van der Waals surface area contributed by atoms with Gasteiger partial charge in [0.2, 0.25) is 10.0 Å². The molecule has 0 saturated carbocycles. The van der Waals surface area contributed by atoms with Gasteiger partial charge in [0.05, 0.1) is 4.90 Å². The molecule has 2 rings (SSSR count). The Morgan fingerprint density at radius 2 is 1.88 bits per heavy atom. The Balaban J connectivity index is 2.13. The number of allylic oxidation sites excluding steroid dienone is 1. The van der Waals surface area contributed by atoms with Crippen LogP contribution < -0.4 is 4.72 Å². The van der Waals surface area contributed by atoms with Gasteiger partial charge in [-0.2, -0.15) is 0 Å². The second kappa shape index (κ2) is 4.89. The van der Waals surface area contributed by atoms with Gasteiger partial charge in [-0.05, 0) is 43.5 Å². The molecule has 0 fully saturated rings. The van der Waals surface area contributed by atoms with Crippen molar-refractivity contribution >= 4 is 10.0 Å². The maximum Gasteiger partial charge on any atom is 0.240 e. The Hall–Kier alpha value is -1.33. The summed E-state index contributed by atoms with van der Waals surface area (Å²) in [5, 5.41) is 9.12. The summed E-state index contributed by atoms with van der Waals surface area (Å²) < 4.78 is 26.7. The standard InChI is InChI=1S/C12H15NO3S/c14-11-6-8-12(9-7-11)17(15,16)13-10-4-2-1-3-5-10/h1-2,6-10,13-14H,3-5H2. The second-order valence-corrected chi connectivity index (χ2v) is 5.81. The van der Waals surface area contributed by atoms with E-state index in [1.807, 2.05) is 6.08 Å². The van der Waals surface area contributed by atoms with E-state index in [0.29, 0.717) is 0 Å². The molecule has 0 aromatic heterocycles. The van der Waals surface area contributed by atoms with E-state index in [-0.39, 0.29) is 16.7 Å². The highest BCUT2D eigenvalue weighted by molar-refractivity contribution is 7.89. The molecule has 0 bridgehead atoms. The highest BCUT2D eigenvalue weighted by Gasteiger charge is 2.19. The lowest BCUT2D eigenvalue weighted by atomic mass is 10.0. The van der Waals surface area contributed by atoms with Crippen LogP contribution in [-0.2, 0) is 10.0 Å². The summed E-state index contributed by atoms with van der Waals surface area (Å²) in [6.45, 7) is 0. The van der Waals surface area contributed by atoms with Gasteiger partial charge >= 0.3 is 0 Å². The monoisotopic (exact) mass is 253 g/mol. The van der Waals surface area contributed by atoms with Crippen molar-refractivity contribution in [1.82, 2.24) is 4.72 Å². The number of rotatable bonds is 3. The Morgan fingerprint density at radius 1 is 1.18 bits per heavy atom. The summed E-state index contributed by atoms with van der Waals surface area (Å²) in [6, 6.07) is 5.51. The molecule has 1 aromatic rings. The molecule has 0 saturated heterocycles. The Bertz CT molecular complexity index is 505. The quantitative estimate of drug-likeness (QED) is 0.807. The van der Waals surface area contributed by atoms with E-state index in [2.05, 4.69) is 10.8 Å². The summed E-state index contributed by atoms with van der Waals surface area (Å²) in [7, 11) is -3.47. The maximum atomic E-state index is 12.0. The molecule has 17 heavy (non-hydrogen) atoms. The van der Waals surface area contributed by atoms with Gasteiger partial charge in [-0.15, -0.1) is 0 Å². The molecule has 5 heteroatoms. The Labute approximate surface area is 101 Å². The van der Waals surface area contributed by atoms with Crippen molar-refractivity contribution in [1.29, 1.82) is 0 Å². The number of hydrogen-bond acceptors (Lipinski definition) is 3. The summed E-state index contributed by atoms with van der Waals surface area (Å²) in [6.07, 6.45) is 6.52. The van der Waals surface area contributed by atoms with Gasteiger partial charge in [0, 0.05) is 6.04 Å². The zero-order chi connectivity index (χ0) is 12.3. The summed E-state index contributed by atoms with van der Waals surface area (Å²) >= 11 is 0. The lowest BCUT2D eigenvalue weighted by Gasteiger charge is -2.19. The van der Waals surface area contributed by atoms with Crippen LogP contribution in [0.4, 0.5) is 0 Å². The van der Waals surface area contributed by atoms with Crippen LogP contribution in [0.5, 0.6) is 5.75 Å². The Kier molecular flexibility index (Phi) is 3.49. The number of benzene rings is 1. The minimum Gasteiger partial charge on any atom is -0.508 e. The molecule has 0 spiro atoms. The first-order valence-corrected chi connectivity index (χ1v) is 7.02. The van der Waals surface area contributed by atoms with Gasteiger partial charge in [0.25, 0.3) is 0 Å². The van der Waals surface area contributed by atoms with Crippen molar-refractivity contribution in [2.45, 2.75) is 30.2 Å². The van der Waals surface area contributed by atoms with Crippen molar-refractivity contribution in [2.24, 2.45) is 0 Å². The van der Waals surface area contributed by atoms with Gasteiger partial charge in [-0.3, -0.25) is 0 Å². The van der Waals surface area contributed by atoms with Crippen molar-refractivity contribution < 1.29 is 13.5 Å². The molecule has 1 aliphatic carbocycles. The number of phenols is 1. The minimum atomic E-state index is -3.47. The summed E-state index contributed by atoms with van der Waals surface area (Å²) in [5.41, 5.74) is 0. The van der Waals surface area contributed by atoms with Crippen LogP contribution in [0.2, 0.25) is 0 Å². The molecule has 92 valence electrons. The second-order valence-electron chi connectivity index (χ2n) is 4.10. The fourth-order valence-electron chi connectivity index (χ4n) is 1.81. The molecule has 1 atom stereocenters. The summed E-state index contributed by atoms with van der Waals surface area (Å²) in [4.78, 5) is 0.185. The highest BCUT2D eigenvalue weighted by atomic mass is 32.2. The smallest absolute Gasteiger partial charge is 0.240 e. The van der Waals surface area contributed by atoms with Gasteiger partial charge in [-0.25, -0.2) is 13.1 Å². The summed E-state index contributed by atoms with van der Waals surface area (Å²) in [5.74, 6) is 0.0598. The van der Waals surface area contributed by atoms with Crippen molar-refractivity contribution in [3.05, 3.63) is 36.4 Å². The first-order valence-electron chi connectivity index (χ1n) is 5.54. The number of aromatic hydroxyl groups is 1. The topological polar surface area (TPSA) is 66.4 Å². The van der Waals surface area contributed by atoms with E-state index in [4.69, 9.17) is 5.11 Å². The zero-order valence-electron chi connectivity index (χ0n) is 9.33. The van der Waals surface area contributed by atoms with Crippen LogP contribution in [0.25, 0.3) is 0 Å². The third-order valence-electron chi connectivity index (χ3n) is 2.74. The van der Waals surface area contributed by atoms with Crippen molar-refractivity contribution in [3.8, 4) is 5.75 Å². The largest absolute Gasteiger partial charge is 0.508 e. The molecule has 0 heterocycles. The molecule has 0 aliphatic heterocycles. The number of phenolic OH excluding ortho intramolecular Hbond substituents is 1. The van der Waals surface area contributed by atoms with E-state index < -0.39 is 10.0 Å². The molecule has 1 aliphatic rings. The predicted molar refractivity (Wildman–Crippen MR) is 65.2 cm³/mol. The van der Waals surface area contributed by atoms with Crippen LogP contribution in [0.3, 0.4) is 0 Å². The molecule has 2 N–H and O–H groups in total. The molecule has 1 unspecified atom stereocenters. The van der Waals surface area contributed by atoms with Gasteiger partial charge in [0.1, 0.15) is 5.75 Å². The van der Waals surface area contributed by atoms with E-state index in [1.54, 1.807) is 0 Å². The number of nitrogens with one attached hydrogen (secondary N) is 1. The average molecular weight is 253 g/mol. The van der Waals surface area contributed by atoms with Gasteiger partial charge < -0.3 is 5.11 Å². The van der Waals surface area contributed by atoms with E-state index in [0.717, 1.165) is 19.3 Å². The van der Waals surface area contributed by atoms with Gasteiger partial charge in [-0.1, -0.05) is 12.2 Å². The Morgan fingerprint density at radius 3 is 2.47 bits per heavy atom. The van der Waals surface area contributed by atoms with E-state index >= 15 is 0 Å². The molecule has 1 aromatic carbocycles. The molecular weight excluding hydrogens is 238 g/mol. The van der Waals surface area contributed by atoms with Crippen LogP contribution >= 0.6 is 0 Å². The third kappa shape index (κ3) is 3.08. The minimum absolute atomic E-state index is 0.0289. The molecule has 4 nitrogen and oxygen atoms in total. The lowest BCUT2D eigenvalue weighted by Crippen LogP contribution is -2.35. The predicted octanol–water partition coefficient (Wildman–Crippen LogP) is 1.78. The molecule has 0 radical (unpaired) electrons. The first-order chi connectivity index (χ1) is 8.08. The maximum absolute atomic E-state index is 12.0. The SMILES string of the molecule is O=S(=O)(NC1CC=CCC1)c1ccc(O)cc1. The number of sulfonamides is 1. The lowest BCUT2D eigenvalue weighted by molar-refractivity contribution is 0.474. The van der Waals surface area contributed by atoms with Crippen molar-refractivity contribution in [3.63, 3.8) is 0 Å². The van der Waals surface area contributed by atoms with Crippen LogP contribution in [0, 0.1) is 0 Å². The molecular formula is C12H15NO3S. The number of hydrogen-bond donors (Lipinski definition) is 2. The zero-order valence-corrected chi connectivity index (χ0v) is 10.2. The normalized spacial score (nSPS) is 20.4. The first kappa shape index (κ1) is 12.1. The van der Waals surface area contributed by atoms with Gasteiger partial charge in [0.15, 0.2) is 0 Å². The van der Waals surface area contributed by atoms with Crippen LogP contribution in [0.1, 0.15) is 19.3 Å². The van der Waals surface area contributed by atoms with Crippen LogP contribution in [-0.4, -0.2) is 19.6 Å². The fraction of sp³-hybridized carbons (Fsp3) is 0.333. The van der Waals surface area contributed by atoms with Crippen LogP contribution in [0.15, 0.2) is 41.3 Å². The van der Waals surface area contributed by atoms with Crippen molar-refractivity contribution in [2.75, 3.05) is 0 Å². The highest BCUT2D eigenvalue weighted by Crippen LogP contribution is 2.17. The fourth-order valence-corrected chi connectivity index (χ4v) is 3.10. The third-order valence-corrected chi connectivity index (χ3v) is 4.27. The van der Waals surface area contributed by atoms with E-state index in [9.17, 15) is 8.42 Å². The molecule has 0 amide bonds.